The topological polar surface area (TPSA) is 107 Å². The minimum atomic E-state index is -0.487. The number of carbonyl (C=O) groups excluding carboxylic acids is 2. The van der Waals surface area contributed by atoms with Crippen LogP contribution in [-0.2, 0) is 9.53 Å². The van der Waals surface area contributed by atoms with Crippen molar-refractivity contribution in [2.24, 2.45) is 5.73 Å². The lowest BCUT2D eigenvalue weighted by Gasteiger charge is -2.09. The molecule has 6 nitrogen and oxygen atoms in total. The van der Waals surface area contributed by atoms with Crippen LogP contribution in [0, 0.1) is 0 Å². The number of esters is 1. The van der Waals surface area contributed by atoms with Gasteiger partial charge in [-0.05, 0) is 25.1 Å². The first-order valence-electron chi connectivity index (χ1n) is 5.13. The first-order chi connectivity index (χ1) is 8.04. The van der Waals surface area contributed by atoms with Crippen molar-refractivity contribution in [1.82, 2.24) is 0 Å². The van der Waals surface area contributed by atoms with Crippen LogP contribution in [0.2, 0.25) is 0 Å². The zero-order chi connectivity index (χ0) is 12.8. The summed E-state index contributed by atoms with van der Waals surface area (Å²) in [5.41, 5.74) is 12.0. The lowest BCUT2D eigenvalue weighted by atomic mass is 10.1. The molecular weight excluding hydrogens is 222 g/mol. The molecule has 5 N–H and O–H groups in total. The lowest BCUT2D eigenvalue weighted by molar-refractivity contribution is -0.116. The van der Waals surface area contributed by atoms with Gasteiger partial charge >= 0.3 is 5.97 Å². The van der Waals surface area contributed by atoms with E-state index in [1.165, 1.54) is 6.07 Å². The van der Waals surface area contributed by atoms with Crippen molar-refractivity contribution in [3.8, 4) is 0 Å². The normalized spacial score (nSPS) is 9.71. The van der Waals surface area contributed by atoms with Crippen molar-refractivity contribution in [2.75, 3.05) is 24.2 Å². The molecule has 0 bridgehead atoms. The van der Waals surface area contributed by atoms with Gasteiger partial charge in [-0.15, -0.1) is 0 Å². The molecule has 0 aliphatic heterocycles. The zero-order valence-electron chi connectivity index (χ0n) is 9.53. The standard InChI is InChI=1S/C11H15N3O3/c1-2-17-11(16)7-3-4-9(8(12)5-7)14-6-10(13)15/h3-5,14H,2,6,12H2,1H3,(H2,13,15). The van der Waals surface area contributed by atoms with E-state index in [-0.39, 0.29) is 6.54 Å². The molecular formula is C11H15N3O3. The average molecular weight is 237 g/mol. The molecule has 0 aliphatic rings. The van der Waals surface area contributed by atoms with E-state index < -0.39 is 11.9 Å². The Balaban J connectivity index is 2.78. The van der Waals surface area contributed by atoms with Crippen molar-refractivity contribution < 1.29 is 14.3 Å². The van der Waals surface area contributed by atoms with E-state index in [1.807, 2.05) is 0 Å². The van der Waals surface area contributed by atoms with Gasteiger partial charge in [0.1, 0.15) is 0 Å². The second kappa shape index (κ2) is 5.74. The average Bonchev–Trinajstić information content (AvgIpc) is 2.27. The van der Waals surface area contributed by atoms with Crippen LogP contribution in [0.4, 0.5) is 11.4 Å². The molecule has 17 heavy (non-hydrogen) atoms. The summed E-state index contributed by atoms with van der Waals surface area (Å²) in [6.07, 6.45) is 0. The van der Waals surface area contributed by atoms with Gasteiger partial charge in [-0.25, -0.2) is 4.79 Å². The Morgan fingerprint density at radius 3 is 2.65 bits per heavy atom. The third-order valence-electron chi connectivity index (χ3n) is 2.02. The molecule has 0 heterocycles. The number of ether oxygens (including phenoxy) is 1. The molecule has 0 spiro atoms. The van der Waals surface area contributed by atoms with Crippen molar-refractivity contribution in [3.05, 3.63) is 23.8 Å². The minimum absolute atomic E-state index is 0.0110. The molecule has 1 aromatic carbocycles. The highest BCUT2D eigenvalue weighted by atomic mass is 16.5. The Labute approximate surface area is 98.9 Å². The molecule has 0 aliphatic carbocycles. The van der Waals surface area contributed by atoms with Crippen LogP contribution in [0.5, 0.6) is 0 Å². The molecule has 0 unspecified atom stereocenters. The molecule has 1 amide bonds. The quantitative estimate of drug-likeness (QED) is 0.505. The molecule has 92 valence electrons. The number of amides is 1. The largest absolute Gasteiger partial charge is 0.462 e. The number of rotatable bonds is 5. The smallest absolute Gasteiger partial charge is 0.338 e. The Hall–Kier alpha value is -2.24. The summed E-state index contributed by atoms with van der Waals surface area (Å²) in [5.74, 6) is -0.917. The summed E-state index contributed by atoms with van der Waals surface area (Å²) >= 11 is 0. The maximum atomic E-state index is 11.4. The Morgan fingerprint density at radius 2 is 2.12 bits per heavy atom. The zero-order valence-corrected chi connectivity index (χ0v) is 9.53. The summed E-state index contributed by atoms with van der Waals surface area (Å²) in [5, 5.41) is 2.76. The van der Waals surface area contributed by atoms with Gasteiger partial charge in [-0.3, -0.25) is 4.79 Å². The third kappa shape index (κ3) is 3.67. The fourth-order valence-corrected chi connectivity index (χ4v) is 1.25. The van der Waals surface area contributed by atoms with Gasteiger partial charge in [0.25, 0.3) is 0 Å². The molecule has 0 radical (unpaired) electrons. The number of nitrogens with one attached hydrogen (secondary N) is 1. The van der Waals surface area contributed by atoms with E-state index in [2.05, 4.69) is 5.32 Å². The van der Waals surface area contributed by atoms with Gasteiger partial charge in [0.2, 0.25) is 5.91 Å². The first kappa shape index (κ1) is 12.8. The second-order valence-corrected chi connectivity index (χ2v) is 3.34. The van der Waals surface area contributed by atoms with Gasteiger partial charge < -0.3 is 21.5 Å². The summed E-state index contributed by atoms with van der Waals surface area (Å²) in [4.78, 5) is 22.0. The SMILES string of the molecule is CCOC(=O)c1ccc(NCC(N)=O)c(N)c1. The van der Waals surface area contributed by atoms with Crippen LogP contribution >= 0.6 is 0 Å². The number of benzene rings is 1. The predicted octanol–water partition coefficient (Wildman–Crippen LogP) is 0.343. The Morgan fingerprint density at radius 1 is 1.41 bits per heavy atom. The number of nitrogens with two attached hydrogens (primary N) is 2. The third-order valence-corrected chi connectivity index (χ3v) is 2.02. The van der Waals surface area contributed by atoms with Crippen molar-refractivity contribution >= 4 is 23.3 Å². The molecule has 0 saturated heterocycles. The monoisotopic (exact) mass is 237 g/mol. The summed E-state index contributed by atoms with van der Waals surface area (Å²) in [6.45, 7) is 2.02. The summed E-state index contributed by atoms with van der Waals surface area (Å²) in [6, 6.07) is 4.66. The highest BCUT2D eigenvalue weighted by Crippen LogP contribution is 2.20. The van der Waals surface area contributed by atoms with Crippen LogP contribution in [-0.4, -0.2) is 25.0 Å². The van der Waals surface area contributed by atoms with Crippen LogP contribution in [0.3, 0.4) is 0 Å². The molecule has 0 saturated carbocycles. The van der Waals surface area contributed by atoms with E-state index in [1.54, 1.807) is 19.1 Å². The van der Waals surface area contributed by atoms with Crippen LogP contribution in [0.25, 0.3) is 0 Å². The molecule has 1 rings (SSSR count). The maximum Gasteiger partial charge on any atom is 0.338 e. The van der Waals surface area contributed by atoms with Crippen molar-refractivity contribution in [2.45, 2.75) is 6.92 Å². The molecule has 1 aromatic rings. The number of hydrogen-bond acceptors (Lipinski definition) is 5. The fourth-order valence-electron chi connectivity index (χ4n) is 1.25. The summed E-state index contributed by atoms with van der Waals surface area (Å²) < 4.78 is 4.83. The van der Waals surface area contributed by atoms with E-state index in [0.29, 0.717) is 23.5 Å². The number of hydrogen-bond donors (Lipinski definition) is 3. The highest BCUT2D eigenvalue weighted by molar-refractivity contribution is 5.92. The molecule has 0 atom stereocenters. The van der Waals surface area contributed by atoms with Crippen LogP contribution < -0.4 is 16.8 Å². The number of anilines is 2. The fraction of sp³-hybridized carbons (Fsp3) is 0.273. The summed E-state index contributed by atoms with van der Waals surface area (Å²) in [7, 11) is 0. The number of nitrogen functional groups attached to an aromatic ring is 1. The van der Waals surface area contributed by atoms with Gasteiger partial charge in [0.05, 0.1) is 30.1 Å². The van der Waals surface area contributed by atoms with Crippen LogP contribution in [0.15, 0.2) is 18.2 Å². The van der Waals surface area contributed by atoms with Gasteiger partial charge in [-0.1, -0.05) is 0 Å². The van der Waals surface area contributed by atoms with Crippen molar-refractivity contribution in [3.63, 3.8) is 0 Å². The van der Waals surface area contributed by atoms with E-state index >= 15 is 0 Å². The van der Waals surface area contributed by atoms with Gasteiger partial charge in [0, 0.05) is 0 Å². The molecule has 0 fully saturated rings. The lowest BCUT2D eigenvalue weighted by Crippen LogP contribution is -2.22. The predicted molar refractivity (Wildman–Crippen MR) is 64.5 cm³/mol. The van der Waals surface area contributed by atoms with E-state index in [9.17, 15) is 9.59 Å². The molecule has 6 heteroatoms. The van der Waals surface area contributed by atoms with Gasteiger partial charge in [-0.2, -0.15) is 0 Å². The van der Waals surface area contributed by atoms with Crippen molar-refractivity contribution in [1.29, 1.82) is 0 Å². The minimum Gasteiger partial charge on any atom is -0.462 e. The number of primary amides is 1. The highest BCUT2D eigenvalue weighted by Gasteiger charge is 2.08. The van der Waals surface area contributed by atoms with E-state index in [0.717, 1.165) is 0 Å². The van der Waals surface area contributed by atoms with E-state index in [4.69, 9.17) is 16.2 Å². The van der Waals surface area contributed by atoms with Crippen LogP contribution in [0.1, 0.15) is 17.3 Å². The number of carbonyl (C=O) groups is 2. The Bertz CT molecular complexity index is 432. The maximum absolute atomic E-state index is 11.4. The first-order valence-corrected chi connectivity index (χ1v) is 5.13. The second-order valence-electron chi connectivity index (χ2n) is 3.34. The van der Waals surface area contributed by atoms with Gasteiger partial charge in [0.15, 0.2) is 0 Å². The molecule has 0 aromatic heterocycles. The Kier molecular flexibility index (Phi) is 4.33.